The molecule has 27 heavy (non-hydrogen) atoms. The first kappa shape index (κ1) is 17.6. The number of hydrogen-bond donors (Lipinski definition) is 0. The van der Waals surface area contributed by atoms with Gasteiger partial charge in [0.05, 0.1) is 23.3 Å². The third-order valence-electron chi connectivity index (χ3n) is 5.12. The van der Waals surface area contributed by atoms with E-state index in [-0.39, 0.29) is 10.6 Å². The summed E-state index contributed by atoms with van der Waals surface area (Å²) in [5, 5.41) is 16.1. The molecule has 7 nitrogen and oxygen atoms in total. The first-order chi connectivity index (χ1) is 13.1. The number of hydrogen-bond acceptors (Lipinski definition) is 5. The van der Waals surface area contributed by atoms with Crippen LogP contribution in [-0.2, 0) is 13.2 Å². The van der Waals surface area contributed by atoms with Crippen LogP contribution in [0.4, 0.5) is 5.69 Å². The van der Waals surface area contributed by atoms with Crippen LogP contribution >= 0.6 is 0 Å². The molecule has 0 saturated carbocycles. The Labute approximate surface area is 157 Å². The molecule has 0 aliphatic carbocycles. The van der Waals surface area contributed by atoms with Crippen LogP contribution < -0.4 is 0 Å². The molecule has 1 aromatic heterocycles. The Bertz CT molecular complexity index is 960. The summed E-state index contributed by atoms with van der Waals surface area (Å²) in [7, 11) is 0. The van der Waals surface area contributed by atoms with E-state index in [2.05, 4.69) is 46.1 Å². The van der Waals surface area contributed by atoms with E-state index in [0.717, 1.165) is 43.6 Å². The number of nitro benzene ring substituents is 1. The third-order valence-corrected chi connectivity index (χ3v) is 5.12. The van der Waals surface area contributed by atoms with Gasteiger partial charge in [0, 0.05) is 50.2 Å². The van der Waals surface area contributed by atoms with Crippen molar-refractivity contribution in [3.05, 3.63) is 69.9 Å². The number of nitro groups is 1. The number of nitrogens with zero attached hydrogens (tertiary/aromatic N) is 5. The predicted octanol–water partition coefficient (Wildman–Crippen LogP) is 3.03. The molecule has 1 fully saturated rings. The van der Waals surface area contributed by atoms with Crippen LogP contribution in [0.5, 0.6) is 0 Å². The Morgan fingerprint density at radius 3 is 2.59 bits per heavy atom. The Morgan fingerprint density at radius 1 is 1.07 bits per heavy atom. The lowest BCUT2D eigenvalue weighted by molar-refractivity contribution is -0.384. The maximum Gasteiger partial charge on any atom is 0.270 e. The summed E-state index contributed by atoms with van der Waals surface area (Å²) in [6, 6.07) is 13.6. The minimum Gasteiger partial charge on any atom is -0.297 e. The first-order valence-electron chi connectivity index (χ1n) is 9.19. The largest absolute Gasteiger partial charge is 0.297 e. The summed E-state index contributed by atoms with van der Waals surface area (Å²) in [6.45, 7) is 7.85. The fourth-order valence-electron chi connectivity index (χ4n) is 3.65. The second-order valence-electron chi connectivity index (χ2n) is 7.17. The fourth-order valence-corrected chi connectivity index (χ4v) is 3.65. The molecule has 1 aliphatic rings. The Morgan fingerprint density at radius 2 is 1.85 bits per heavy atom. The second-order valence-corrected chi connectivity index (χ2v) is 7.17. The molecule has 2 aromatic carbocycles. The molecule has 3 aromatic rings. The van der Waals surface area contributed by atoms with E-state index in [1.807, 2.05) is 4.68 Å². The Kier molecular flexibility index (Phi) is 4.87. The van der Waals surface area contributed by atoms with Gasteiger partial charge < -0.3 is 0 Å². The summed E-state index contributed by atoms with van der Waals surface area (Å²) in [4.78, 5) is 15.4. The van der Waals surface area contributed by atoms with Crippen molar-refractivity contribution in [2.75, 3.05) is 26.2 Å². The number of benzene rings is 2. The number of aromatic nitrogens is 2. The maximum atomic E-state index is 10.9. The average molecular weight is 365 g/mol. The van der Waals surface area contributed by atoms with Crippen molar-refractivity contribution in [3.63, 3.8) is 0 Å². The zero-order valence-electron chi connectivity index (χ0n) is 15.4. The smallest absolute Gasteiger partial charge is 0.270 e. The molecule has 0 spiro atoms. The van der Waals surface area contributed by atoms with Gasteiger partial charge >= 0.3 is 0 Å². The molecular formula is C20H23N5O2. The molecule has 7 heteroatoms. The van der Waals surface area contributed by atoms with E-state index in [9.17, 15) is 10.1 Å². The van der Waals surface area contributed by atoms with Crippen LogP contribution in [0.2, 0.25) is 0 Å². The fraction of sp³-hybridized carbons (Fsp3) is 0.350. The predicted molar refractivity (Wildman–Crippen MR) is 104 cm³/mol. The van der Waals surface area contributed by atoms with Crippen molar-refractivity contribution in [2.45, 2.75) is 20.1 Å². The van der Waals surface area contributed by atoms with Gasteiger partial charge in [-0.1, -0.05) is 29.8 Å². The number of aryl methyl sites for hydroxylation is 1. The zero-order chi connectivity index (χ0) is 18.8. The number of piperazine rings is 1. The van der Waals surface area contributed by atoms with E-state index >= 15 is 0 Å². The minimum atomic E-state index is -0.371. The monoisotopic (exact) mass is 365 g/mol. The molecule has 1 aliphatic heterocycles. The molecule has 0 amide bonds. The molecule has 4 rings (SSSR count). The van der Waals surface area contributed by atoms with E-state index in [4.69, 9.17) is 0 Å². The molecule has 0 atom stereocenters. The first-order valence-corrected chi connectivity index (χ1v) is 9.19. The van der Waals surface area contributed by atoms with Crippen molar-refractivity contribution in [1.29, 1.82) is 0 Å². The van der Waals surface area contributed by atoms with E-state index in [1.165, 1.54) is 11.1 Å². The van der Waals surface area contributed by atoms with Gasteiger partial charge in [-0.3, -0.25) is 24.6 Å². The summed E-state index contributed by atoms with van der Waals surface area (Å²) in [5.74, 6) is 0. The standard InChI is InChI=1S/C20H23N5O2/c1-16-3-2-4-17(11-16)14-22-7-9-23(10-8-22)15-24-20-6-5-19(25(26)27)12-18(20)13-21-24/h2-6,11-13H,7-10,14-15H2,1H3. The van der Waals surface area contributed by atoms with Crippen LogP contribution in [0.25, 0.3) is 10.9 Å². The normalized spacial score (nSPS) is 16.0. The van der Waals surface area contributed by atoms with Crippen molar-refractivity contribution >= 4 is 16.6 Å². The topological polar surface area (TPSA) is 67.4 Å². The van der Waals surface area contributed by atoms with Gasteiger partial charge in [-0.25, -0.2) is 0 Å². The maximum absolute atomic E-state index is 10.9. The van der Waals surface area contributed by atoms with Crippen LogP contribution in [0, 0.1) is 17.0 Å². The summed E-state index contributed by atoms with van der Waals surface area (Å²) >= 11 is 0. The molecule has 140 valence electrons. The molecule has 2 heterocycles. The van der Waals surface area contributed by atoms with Gasteiger partial charge in [0.1, 0.15) is 0 Å². The van der Waals surface area contributed by atoms with Gasteiger partial charge in [0.15, 0.2) is 0 Å². The highest BCUT2D eigenvalue weighted by Crippen LogP contribution is 2.21. The molecule has 1 saturated heterocycles. The van der Waals surface area contributed by atoms with E-state index in [1.54, 1.807) is 24.4 Å². The van der Waals surface area contributed by atoms with Crippen molar-refractivity contribution in [3.8, 4) is 0 Å². The van der Waals surface area contributed by atoms with Crippen molar-refractivity contribution in [2.24, 2.45) is 0 Å². The Balaban J connectivity index is 1.36. The highest BCUT2D eigenvalue weighted by atomic mass is 16.6. The summed E-state index contributed by atoms with van der Waals surface area (Å²) < 4.78 is 1.93. The van der Waals surface area contributed by atoms with E-state index in [0.29, 0.717) is 6.67 Å². The van der Waals surface area contributed by atoms with Crippen molar-refractivity contribution in [1.82, 2.24) is 19.6 Å². The third kappa shape index (κ3) is 3.99. The summed E-state index contributed by atoms with van der Waals surface area (Å²) in [6.07, 6.45) is 1.70. The molecule has 0 N–H and O–H groups in total. The lowest BCUT2D eigenvalue weighted by atomic mass is 10.1. The SMILES string of the molecule is Cc1cccc(CN2CCN(Cn3ncc4cc([N+](=O)[O-])ccc43)CC2)c1. The average Bonchev–Trinajstić information content (AvgIpc) is 3.05. The summed E-state index contributed by atoms with van der Waals surface area (Å²) in [5.41, 5.74) is 3.70. The molecule has 0 unspecified atom stereocenters. The Hall–Kier alpha value is -2.77. The van der Waals surface area contributed by atoms with Gasteiger partial charge in [-0.2, -0.15) is 5.10 Å². The second kappa shape index (κ2) is 7.46. The van der Waals surface area contributed by atoms with Gasteiger partial charge in [-0.05, 0) is 18.6 Å². The number of rotatable bonds is 5. The van der Waals surface area contributed by atoms with Crippen LogP contribution in [0.3, 0.4) is 0 Å². The highest BCUT2D eigenvalue weighted by molar-refractivity contribution is 5.81. The van der Waals surface area contributed by atoms with Gasteiger partial charge in [0.25, 0.3) is 5.69 Å². The zero-order valence-corrected chi connectivity index (χ0v) is 15.4. The van der Waals surface area contributed by atoms with Gasteiger partial charge in [0.2, 0.25) is 0 Å². The lowest BCUT2D eigenvalue weighted by Crippen LogP contribution is -2.46. The van der Waals surface area contributed by atoms with Crippen LogP contribution in [0.15, 0.2) is 48.7 Å². The number of fused-ring (bicyclic) bond motifs is 1. The highest BCUT2D eigenvalue weighted by Gasteiger charge is 2.18. The quantitative estimate of drug-likeness (QED) is 0.514. The molecule has 0 bridgehead atoms. The minimum absolute atomic E-state index is 0.104. The van der Waals surface area contributed by atoms with Crippen molar-refractivity contribution < 1.29 is 4.92 Å². The number of non-ortho nitro benzene ring substituents is 1. The lowest BCUT2D eigenvalue weighted by Gasteiger charge is -2.34. The van der Waals surface area contributed by atoms with Gasteiger partial charge in [-0.15, -0.1) is 0 Å². The van der Waals surface area contributed by atoms with Crippen LogP contribution in [0.1, 0.15) is 11.1 Å². The molecule has 0 radical (unpaired) electrons. The van der Waals surface area contributed by atoms with E-state index < -0.39 is 0 Å². The molecular weight excluding hydrogens is 342 g/mol. The van der Waals surface area contributed by atoms with Crippen LogP contribution in [-0.4, -0.2) is 50.7 Å².